The summed E-state index contributed by atoms with van der Waals surface area (Å²) in [4.78, 5) is 0. The molecule has 5 atom stereocenters. The third kappa shape index (κ3) is 2.53. The molecule has 1 rings (SSSR count). The SMILES string of the molecule is FC1=CC(F)C(F)C1(F)OC(F)C(F)C(F)F. The molecule has 0 aromatic rings. The van der Waals surface area contributed by atoms with Gasteiger partial charge in [0.2, 0.25) is 18.7 Å². The number of hydrogen-bond acceptors (Lipinski definition) is 1. The van der Waals surface area contributed by atoms with Crippen LogP contribution in [0.4, 0.5) is 35.1 Å². The van der Waals surface area contributed by atoms with E-state index in [0.29, 0.717) is 0 Å². The minimum Gasteiger partial charge on any atom is -0.300 e. The summed E-state index contributed by atoms with van der Waals surface area (Å²) < 4.78 is 103. The lowest BCUT2D eigenvalue weighted by Gasteiger charge is -2.26. The van der Waals surface area contributed by atoms with Crippen LogP contribution in [-0.2, 0) is 4.74 Å². The average Bonchev–Trinajstić information content (AvgIpc) is 2.42. The molecule has 0 spiro atoms. The molecule has 0 saturated heterocycles. The first-order valence-electron chi connectivity index (χ1n) is 4.29. The fraction of sp³-hybridized carbons (Fsp3) is 0.750. The molecular formula is C8H6F8O. The van der Waals surface area contributed by atoms with Crippen LogP contribution in [0.1, 0.15) is 0 Å². The van der Waals surface area contributed by atoms with Gasteiger partial charge in [0.05, 0.1) is 0 Å². The van der Waals surface area contributed by atoms with Gasteiger partial charge in [0.25, 0.3) is 12.3 Å². The highest BCUT2D eigenvalue weighted by Gasteiger charge is 2.57. The Balaban J connectivity index is 2.77. The van der Waals surface area contributed by atoms with E-state index in [2.05, 4.69) is 4.74 Å². The Morgan fingerprint density at radius 1 is 1.18 bits per heavy atom. The molecule has 0 amide bonds. The summed E-state index contributed by atoms with van der Waals surface area (Å²) >= 11 is 0. The number of alkyl halides is 7. The molecule has 0 aliphatic heterocycles. The van der Waals surface area contributed by atoms with E-state index in [1.54, 1.807) is 0 Å². The van der Waals surface area contributed by atoms with Crippen LogP contribution < -0.4 is 0 Å². The monoisotopic (exact) mass is 270 g/mol. The van der Waals surface area contributed by atoms with Crippen molar-refractivity contribution in [3.63, 3.8) is 0 Å². The van der Waals surface area contributed by atoms with Crippen LogP contribution in [0.3, 0.4) is 0 Å². The second-order valence-electron chi connectivity index (χ2n) is 3.25. The molecule has 1 aliphatic carbocycles. The van der Waals surface area contributed by atoms with Crippen molar-refractivity contribution in [3.05, 3.63) is 11.9 Å². The van der Waals surface area contributed by atoms with E-state index in [1.807, 2.05) is 0 Å². The van der Waals surface area contributed by atoms with Crippen molar-refractivity contribution >= 4 is 0 Å². The van der Waals surface area contributed by atoms with Gasteiger partial charge in [-0.25, -0.2) is 35.1 Å². The lowest BCUT2D eigenvalue weighted by atomic mass is 10.2. The Bertz CT molecular complexity index is 308. The van der Waals surface area contributed by atoms with Crippen molar-refractivity contribution in [2.45, 2.75) is 37.2 Å². The fourth-order valence-corrected chi connectivity index (χ4v) is 1.14. The first kappa shape index (κ1) is 14.2. The van der Waals surface area contributed by atoms with Crippen molar-refractivity contribution in [2.24, 2.45) is 0 Å². The molecule has 0 aromatic heterocycles. The van der Waals surface area contributed by atoms with Crippen molar-refractivity contribution in [1.82, 2.24) is 0 Å². The number of rotatable bonds is 4. The van der Waals surface area contributed by atoms with Gasteiger partial charge in [0, 0.05) is 0 Å². The molecular weight excluding hydrogens is 264 g/mol. The van der Waals surface area contributed by atoms with E-state index in [-0.39, 0.29) is 6.08 Å². The Morgan fingerprint density at radius 2 is 1.71 bits per heavy atom. The zero-order valence-corrected chi connectivity index (χ0v) is 7.90. The smallest absolute Gasteiger partial charge is 0.298 e. The maximum absolute atomic E-state index is 13.3. The minimum atomic E-state index is -4.22. The molecule has 5 unspecified atom stereocenters. The van der Waals surface area contributed by atoms with Gasteiger partial charge in [-0.05, 0) is 6.08 Å². The topological polar surface area (TPSA) is 9.23 Å². The first-order chi connectivity index (χ1) is 7.70. The zero-order valence-electron chi connectivity index (χ0n) is 7.90. The van der Waals surface area contributed by atoms with E-state index in [0.717, 1.165) is 0 Å². The lowest BCUT2D eigenvalue weighted by Crippen LogP contribution is -2.44. The van der Waals surface area contributed by atoms with Gasteiger partial charge in [-0.2, -0.15) is 0 Å². The Hall–Kier alpha value is -0.860. The van der Waals surface area contributed by atoms with Crippen LogP contribution in [0.25, 0.3) is 0 Å². The van der Waals surface area contributed by atoms with Crippen LogP contribution in [0, 0.1) is 0 Å². The minimum absolute atomic E-state index is 0.188. The van der Waals surface area contributed by atoms with Crippen molar-refractivity contribution < 1.29 is 39.9 Å². The molecule has 1 nitrogen and oxygen atoms in total. The fourth-order valence-electron chi connectivity index (χ4n) is 1.14. The molecule has 0 fully saturated rings. The van der Waals surface area contributed by atoms with Crippen molar-refractivity contribution in [1.29, 1.82) is 0 Å². The predicted molar refractivity (Wildman–Crippen MR) is 39.7 cm³/mol. The van der Waals surface area contributed by atoms with Crippen LogP contribution >= 0.6 is 0 Å². The summed E-state index contributed by atoms with van der Waals surface area (Å²) in [6, 6.07) is 0. The summed E-state index contributed by atoms with van der Waals surface area (Å²) in [5.74, 6) is -6.39. The van der Waals surface area contributed by atoms with Crippen LogP contribution in [0.15, 0.2) is 11.9 Å². The summed E-state index contributed by atoms with van der Waals surface area (Å²) in [6.07, 6.45) is -17.3. The Labute approximate surface area is 90.0 Å². The van der Waals surface area contributed by atoms with Crippen LogP contribution in [-0.4, -0.2) is 37.2 Å². The summed E-state index contributed by atoms with van der Waals surface area (Å²) in [5, 5.41) is 0. The van der Waals surface area contributed by atoms with Gasteiger partial charge < -0.3 is 0 Å². The third-order valence-electron chi connectivity index (χ3n) is 2.04. The second-order valence-corrected chi connectivity index (χ2v) is 3.25. The van der Waals surface area contributed by atoms with Crippen molar-refractivity contribution in [3.8, 4) is 0 Å². The van der Waals surface area contributed by atoms with E-state index in [9.17, 15) is 35.1 Å². The number of halogens is 8. The van der Waals surface area contributed by atoms with E-state index >= 15 is 0 Å². The first-order valence-corrected chi connectivity index (χ1v) is 4.29. The molecule has 0 bridgehead atoms. The van der Waals surface area contributed by atoms with Crippen LogP contribution in [0.5, 0.6) is 0 Å². The molecule has 0 saturated carbocycles. The molecule has 17 heavy (non-hydrogen) atoms. The highest BCUT2D eigenvalue weighted by atomic mass is 19.3. The number of hydrogen-bond donors (Lipinski definition) is 0. The van der Waals surface area contributed by atoms with Gasteiger partial charge in [0.15, 0.2) is 12.0 Å². The van der Waals surface area contributed by atoms with Gasteiger partial charge >= 0.3 is 0 Å². The molecule has 0 heterocycles. The summed E-state index contributed by atoms with van der Waals surface area (Å²) in [6.45, 7) is 0. The van der Waals surface area contributed by atoms with Crippen molar-refractivity contribution in [2.75, 3.05) is 0 Å². The highest BCUT2D eigenvalue weighted by Crippen LogP contribution is 2.41. The molecule has 1 aliphatic rings. The van der Waals surface area contributed by atoms with Gasteiger partial charge in [-0.15, -0.1) is 0 Å². The molecule has 0 N–H and O–H groups in total. The largest absolute Gasteiger partial charge is 0.300 e. The third-order valence-corrected chi connectivity index (χ3v) is 2.04. The molecule has 0 aromatic carbocycles. The maximum Gasteiger partial charge on any atom is 0.298 e. The highest BCUT2D eigenvalue weighted by molar-refractivity contribution is 5.21. The van der Waals surface area contributed by atoms with Gasteiger partial charge in [0.1, 0.15) is 0 Å². The quantitative estimate of drug-likeness (QED) is 0.713. The standard InChI is InChI=1S/C8H6F8O/c9-2-1-3(10)8(16,5(2)12)17-7(15)4(11)6(13)14/h1-2,4-7H. The van der Waals surface area contributed by atoms with E-state index in [4.69, 9.17) is 0 Å². The van der Waals surface area contributed by atoms with E-state index < -0.39 is 43.0 Å². The summed E-state index contributed by atoms with van der Waals surface area (Å²) in [7, 11) is 0. The predicted octanol–water partition coefficient (Wildman–Crippen LogP) is 3.11. The Morgan fingerprint density at radius 3 is 2.06 bits per heavy atom. The average molecular weight is 270 g/mol. The van der Waals surface area contributed by atoms with Gasteiger partial charge in [-0.1, -0.05) is 0 Å². The zero-order chi connectivity index (χ0) is 13.4. The number of allylic oxidation sites excluding steroid dienone is 1. The lowest BCUT2D eigenvalue weighted by molar-refractivity contribution is -0.255. The van der Waals surface area contributed by atoms with Crippen LogP contribution in [0.2, 0.25) is 0 Å². The maximum atomic E-state index is 13.3. The second kappa shape index (κ2) is 4.79. The van der Waals surface area contributed by atoms with E-state index in [1.165, 1.54) is 0 Å². The normalized spacial score (nSPS) is 37.1. The molecule has 0 radical (unpaired) electrons. The summed E-state index contributed by atoms with van der Waals surface area (Å²) in [5.41, 5.74) is 0. The number of ether oxygens (including phenoxy) is 1. The molecule has 100 valence electrons. The molecule has 9 heteroatoms. The Kier molecular flexibility index (Phi) is 4.00. The van der Waals surface area contributed by atoms with Gasteiger partial charge in [-0.3, -0.25) is 4.74 Å².